The van der Waals surface area contributed by atoms with E-state index in [9.17, 15) is 0 Å². The van der Waals surface area contributed by atoms with Crippen molar-refractivity contribution in [2.75, 3.05) is 0 Å². The Morgan fingerprint density at radius 1 is 0.810 bits per heavy atom. The van der Waals surface area contributed by atoms with Gasteiger partial charge in [-0.2, -0.15) is 0 Å². The second-order valence-corrected chi connectivity index (χ2v) is 5.91. The number of aromatic nitrogens is 1. The summed E-state index contributed by atoms with van der Waals surface area (Å²) in [6.07, 6.45) is 4.37. The van der Waals surface area contributed by atoms with Crippen LogP contribution in [0.1, 0.15) is 27.8 Å². The first kappa shape index (κ1) is 12.3. The SMILES string of the molecule is Cc1cc(-c2cc3c4c(cccc4n2)C=C3)cc(C)c1C. The summed E-state index contributed by atoms with van der Waals surface area (Å²) in [5, 5.41) is 1.28. The first-order valence-corrected chi connectivity index (χ1v) is 7.33. The van der Waals surface area contributed by atoms with Crippen LogP contribution in [0.2, 0.25) is 0 Å². The van der Waals surface area contributed by atoms with E-state index in [1.165, 1.54) is 38.8 Å². The van der Waals surface area contributed by atoms with E-state index in [4.69, 9.17) is 4.98 Å². The molecule has 0 unspecified atom stereocenters. The standard InChI is InChI=1S/C20H17N/c1-12-9-17(10-13(2)14(12)3)19-11-16-8-7-15-5-4-6-18(21-19)20(15)16/h4-11H,1-3H3. The molecule has 3 aromatic rings. The molecule has 0 bridgehead atoms. The average molecular weight is 271 g/mol. The Labute approximate surface area is 125 Å². The van der Waals surface area contributed by atoms with Crippen molar-refractivity contribution in [3.8, 4) is 11.3 Å². The van der Waals surface area contributed by atoms with Crippen molar-refractivity contribution in [3.05, 3.63) is 64.2 Å². The van der Waals surface area contributed by atoms with Gasteiger partial charge in [-0.15, -0.1) is 0 Å². The van der Waals surface area contributed by atoms with Crippen LogP contribution in [0.15, 0.2) is 36.4 Å². The normalized spacial score (nSPS) is 12.3. The van der Waals surface area contributed by atoms with Crippen molar-refractivity contribution in [2.45, 2.75) is 20.8 Å². The van der Waals surface area contributed by atoms with Crippen molar-refractivity contribution in [2.24, 2.45) is 0 Å². The molecule has 0 fully saturated rings. The number of aryl methyl sites for hydroxylation is 2. The molecule has 1 aliphatic carbocycles. The van der Waals surface area contributed by atoms with E-state index in [2.05, 4.69) is 69.3 Å². The maximum atomic E-state index is 4.88. The van der Waals surface area contributed by atoms with Crippen molar-refractivity contribution < 1.29 is 0 Å². The molecule has 4 rings (SSSR count). The largest absolute Gasteiger partial charge is 0.248 e. The summed E-state index contributed by atoms with van der Waals surface area (Å²) in [6, 6.07) is 13.0. The van der Waals surface area contributed by atoms with Crippen molar-refractivity contribution in [1.82, 2.24) is 4.98 Å². The Bertz CT molecular complexity index is 894. The molecule has 0 saturated carbocycles. The number of hydrogen-bond acceptors (Lipinski definition) is 1. The molecule has 0 aliphatic heterocycles. The molecule has 0 amide bonds. The predicted octanol–water partition coefficient (Wildman–Crippen LogP) is 5.31. The van der Waals surface area contributed by atoms with Gasteiger partial charge in [0.05, 0.1) is 11.2 Å². The van der Waals surface area contributed by atoms with Gasteiger partial charge in [-0.1, -0.05) is 24.3 Å². The lowest BCUT2D eigenvalue weighted by atomic mass is 9.97. The quantitative estimate of drug-likeness (QED) is 0.457. The Morgan fingerprint density at radius 2 is 1.52 bits per heavy atom. The molecule has 2 aromatic carbocycles. The highest BCUT2D eigenvalue weighted by molar-refractivity contribution is 6.04. The van der Waals surface area contributed by atoms with Crippen LogP contribution in [0.4, 0.5) is 0 Å². The fraction of sp³-hybridized carbons (Fsp3) is 0.150. The smallest absolute Gasteiger partial charge is 0.0721 e. The Balaban J connectivity index is 1.99. The zero-order chi connectivity index (χ0) is 14.6. The summed E-state index contributed by atoms with van der Waals surface area (Å²) in [6.45, 7) is 6.52. The van der Waals surface area contributed by atoms with Crippen LogP contribution in [-0.4, -0.2) is 4.98 Å². The summed E-state index contributed by atoms with van der Waals surface area (Å²) in [5.74, 6) is 0. The van der Waals surface area contributed by atoms with Crippen molar-refractivity contribution in [1.29, 1.82) is 0 Å². The first-order valence-electron chi connectivity index (χ1n) is 7.33. The molecular weight excluding hydrogens is 254 g/mol. The van der Waals surface area contributed by atoms with Crippen LogP contribution in [-0.2, 0) is 0 Å². The van der Waals surface area contributed by atoms with E-state index in [1.54, 1.807) is 0 Å². The van der Waals surface area contributed by atoms with Gasteiger partial charge in [0.2, 0.25) is 0 Å². The van der Waals surface area contributed by atoms with Gasteiger partial charge in [-0.25, -0.2) is 4.98 Å². The number of nitrogens with zero attached hydrogens (tertiary/aromatic N) is 1. The zero-order valence-electron chi connectivity index (χ0n) is 12.6. The molecule has 21 heavy (non-hydrogen) atoms. The highest BCUT2D eigenvalue weighted by Gasteiger charge is 2.13. The van der Waals surface area contributed by atoms with Crippen LogP contribution >= 0.6 is 0 Å². The molecule has 1 heterocycles. The highest BCUT2D eigenvalue weighted by Crippen LogP contribution is 2.33. The second kappa shape index (κ2) is 4.29. The van der Waals surface area contributed by atoms with Crippen LogP contribution in [0.5, 0.6) is 0 Å². The summed E-state index contributed by atoms with van der Waals surface area (Å²) >= 11 is 0. The molecule has 1 aliphatic rings. The van der Waals surface area contributed by atoms with Gasteiger partial charge in [-0.05, 0) is 72.9 Å². The lowest BCUT2D eigenvalue weighted by molar-refractivity contribution is 1.26. The fourth-order valence-electron chi connectivity index (χ4n) is 3.13. The molecule has 102 valence electrons. The molecule has 1 heteroatoms. The van der Waals surface area contributed by atoms with Gasteiger partial charge in [0, 0.05) is 10.9 Å². The third kappa shape index (κ3) is 1.81. The minimum Gasteiger partial charge on any atom is -0.248 e. The summed E-state index contributed by atoms with van der Waals surface area (Å²) in [5.41, 5.74) is 9.93. The van der Waals surface area contributed by atoms with Gasteiger partial charge < -0.3 is 0 Å². The molecule has 0 spiro atoms. The van der Waals surface area contributed by atoms with E-state index in [0.29, 0.717) is 0 Å². The van der Waals surface area contributed by atoms with E-state index in [-0.39, 0.29) is 0 Å². The molecule has 0 N–H and O–H groups in total. The third-order valence-electron chi connectivity index (χ3n) is 4.56. The van der Waals surface area contributed by atoms with Gasteiger partial charge >= 0.3 is 0 Å². The predicted molar refractivity (Wildman–Crippen MR) is 90.3 cm³/mol. The maximum Gasteiger partial charge on any atom is 0.0721 e. The summed E-state index contributed by atoms with van der Waals surface area (Å²) < 4.78 is 0. The zero-order valence-corrected chi connectivity index (χ0v) is 12.6. The fourth-order valence-corrected chi connectivity index (χ4v) is 3.13. The number of pyridine rings is 1. The first-order chi connectivity index (χ1) is 10.1. The van der Waals surface area contributed by atoms with Crippen molar-refractivity contribution in [3.63, 3.8) is 0 Å². The number of benzene rings is 2. The van der Waals surface area contributed by atoms with Crippen LogP contribution in [0, 0.1) is 20.8 Å². The molecule has 0 saturated heterocycles. The Kier molecular flexibility index (Phi) is 2.52. The summed E-state index contributed by atoms with van der Waals surface area (Å²) in [4.78, 5) is 4.88. The third-order valence-corrected chi connectivity index (χ3v) is 4.56. The van der Waals surface area contributed by atoms with Crippen molar-refractivity contribution >= 4 is 23.1 Å². The second-order valence-electron chi connectivity index (χ2n) is 5.91. The number of hydrogen-bond donors (Lipinski definition) is 0. The van der Waals surface area contributed by atoms with Gasteiger partial charge in [0.1, 0.15) is 0 Å². The van der Waals surface area contributed by atoms with E-state index in [1.807, 2.05) is 0 Å². The molecular formula is C20H17N. The lowest BCUT2D eigenvalue weighted by Gasteiger charge is -2.10. The molecule has 1 aromatic heterocycles. The van der Waals surface area contributed by atoms with Gasteiger partial charge in [-0.3, -0.25) is 0 Å². The van der Waals surface area contributed by atoms with E-state index >= 15 is 0 Å². The minimum absolute atomic E-state index is 1.06. The Hall–Kier alpha value is -2.41. The van der Waals surface area contributed by atoms with E-state index < -0.39 is 0 Å². The Morgan fingerprint density at radius 3 is 2.29 bits per heavy atom. The van der Waals surface area contributed by atoms with Gasteiger partial charge in [0.25, 0.3) is 0 Å². The topological polar surface area (TPSA) is 12.9 Å². The van der Waals surface area contributed by atoms with E-state index in [0.717, 1.165) is 11.2 Å². The molecule has 0 radical (unpaired) electrons. The van der Waals surface area contributed by atoms with Crippen LogP contribution in [0.25, 0.3) is 34.3 Å². The maximum absolute atomic E-state index is 4.88. The highest BCUT2D eigenvalue weighted by atomic mass is 14.7. The minimum atomic E-state index is 1.06. The lowest BCUT2D eigenvalue weighted by Crippen LogP contribution is -1.92. The average Bonchev–Trinajstić information content (AvgIpc) is 2.89. The summed E-state index contributed by atoms with van der Waals surface area (Å²) in [7, 11) is 0. The molecule has 0 atom stereocenters. The molecule has 1 nitrogen and oxygen atoms in total. The van der Waals surface area contributed by atoms with Gasteiger partial charge in [0.15, 0.2) is 0 Å². The number of rotatable bonds is 1. The van der Waals surface area contributed by atoms with Crippen LogP contribution < -0.4 is 0 Å². The monoisotopic (exact) mass is 271 g/mol. The van der Waals surface area contributed by atoms with Crippen LogP contribution in [0.3, 0.4) is 0 Å².